The van der Waals surface area contributed by atoms with Crippen molar-refractivity contribution in [2.45, 2.75) is 12.6 Å². The van der Waals surface area contributed by atoms with Crippen molar-refractivity contribution in [3.8, 4) is 11.1 Å². The van der Waals surface area contributed by atoms with Crippen molar-refractivity contribution in [2.24, 2.45) is 0 Å². The molecular formula is C23H24N6. The minimum Gasteiger partial charge on any atom is -0.295 e. The molecular weight excluding hydrogens is 360 g/mol. The summed E-state index contributed by atoms with van der Waals surface area (Å²) in [5.74, 6) is 0. The topological polar surface area (TPSA) is 49.6 Å². The molecule has 1 fully saturated rings. The molecule has 6 nitrogen and oxygen atoms in total. The van der Waals surface area contributed by atoms with Crippen LogP contribution in [0.4, 0.5) is 0 Å². The number of benzene rings is 1. The number of hydrogen-bond donors (Lipinski definition) is 0. The fraction of sp³-hybridized carbons (Fsp3) is 0.261. The lowest BCUT2D eigenvalue weighted by Gasteiger charge is -2.38. The van der Waals surface area contributed by atoms with Crippen molar-refractivity contribution < 1.29 is 0 Å². The summed E-state index contributed by atoms with van der Waals surface area (Å²) in [5, 5.41) is 9.01. The summed E-state index contributed by atoms with van der Waals surface area (Å²) in [6.45, 7) is 3.81. The second-order valence-electron chi connectivity index (χ2n) is 7.64. The molecule has 0 unspecified atom stereocenters. The number of rotatable bonds is 4. The minimum absolute atomic E-state index is 0.215. The molecule has 0 radical (unpaired) electrons. The Labute approximate surface area is 170 Å². The van der Waals surface area contributed by atoms with E-state index < -0.39 is 0 Å². The largest absolute Gasteiger partial charge is 0.295 e. The highest BCUT2D eigenvalue weighted by Crippen LogP contribution is 2.28. The Morgan fingerprint density at radius 1 is 0.931 bits per heavy atom. The maximum absolute atomic E-state index is 4.57. The molecule has 1 aliphatic heterocycles. The van der Waals surface area contributed by atoms with E-state index in [-0.39, 0.29) is 6.04 Å². The van der Waals surface area contributed by atoms with Crippen LogP contribution in [0.25, 0.3) is 16.6 Å². The van der Waals surface area contributed by atoms with Gasteiger partial charge in [-0.15, -0.1) is 5.10 Å². The number of pyridine rings is 2. The summed E-state index contributed by atoms with van der Waals surface area (Å²) >= 11 is 0. The van der Waals surface area contributed by atoms with E-state index in [2.05, 4.69) is 80.8 Å². The number of aromatic nitrogens is 4. The van der Waals surface area contributed by atoms with Gasteiger partial charge in [0.15, 0.2) is 0 Å². The Bertz CT molecular complexity index is 1090. The van der Waals surface area contributed by atoms with E-state index >= 15 is 0 Å². The maximum Gasteiger partial charge on any atom is 0.109 e. The van der Waals surface area contributed by atoms with Crippen LogP contribution in [0.3, 0.4) is 0 Å². The summed E-state index contributed by atoms with van der Waals surface area (Å²) < 4.78 is 1.91. The summed E-state index contributed by atoms with van der Waals surface area (Å²) in [4.78, 5) is 9.31. The Kier molecular flexibility index (Phi) is 4.79. The number of piperazine rings is 1. The van der Waals surface area contributed by atoms with Crippen LogP contribution in [0.5, 0.6) is 0 Å². The van der Waals surface area contributed by atoms with Crippen molar-refractivity contribution in [2.75, 3.05) is 26.7 Å². The molecule has 0 aliphatic carbocycles. The Morgan fingerprint density at radius 2 is 1.79 bits per heavy atom. The van der Waals surface area contributed by atoms with E-state index in [0.717, 1.165) is 48.6 Å². The minimum atomic E-state index is 0.215. The van der Waals surface area contributed by atoms with Crippen molar-refractivity contribution in [3.05, 3.63) is 84.4 Å². The van der Waals surface area contributed by atoms with Gasteiger partial charge in [-0.05, 0) is 30.8 Å². The van der Waals surface area contributed by atoms with Crippen molar-refractivity contribution in [1.82, 2.24) is 29.6 Å². The van der Waals surface area contributed by atoms with Gasteiger partial charge in [0, 0.05) is 44.1 Å². The quantitative estimate of drug-likeness (QED) is 0.540. The summed E-state index contributed by atoms with van der Waals surface area (Å²) in [6.07, 6.45) is 3.93. The Morgan fingerprint density at radius 3 is 2.62 bits per heavy atom. The average molecular weight is 384 g/mol. The van der Waals surface area contributed by atoms with Crippen molar-refractivity contribution >= 4 is 5.52 Å². The van der Waals surface area contributed by atoms with Crippen LogP contribution < -0.4 is 0 Å². The molecule has 1 aliphatic rings. The van der Waals surface area contributed by atoms with Gasteiger partial charge in [0.25, 0.3) is 0 Å². The standard InChI is InChI=1S/C23H24N6/c1-27-13-14-28(16-20-9-5-6-12-24-20)17-22(27)23-21-11-10-19(15-29(21)26-25-23)18-7-3-2-4-8-18/h2-12,15,22H,13-14,16-17H2,1H3/t22-/m1/s1. The third-order valence-electron chi connectivity index (χ3n) is 5.71. The average Bonchev–Trinajstić information content (AvgIpc) is 3.19. The van der Waals surface area contributed by atoms with Crippen molar-refractivity contribution in [1.29, 1.82) is 0 Å². The van der Waals surface area contributed by atoms with Crippen molar-refractivity contribution in [3.63, 3.8) is 0 Å². The van der Waals surface area contributed by atoms with Crippen LogP contribution in [-0.4, -0.2) is 56.3 Å². The first kappa shape index (κ1) is 18.0. The molecule has 1 saturated heterocycles. The highest BCUT2D eigenvalue weighted by Gasteiger charge is 2.29. The second-order valence-corrected chi connectivity index (χ2v) is 7.64. The van der Waals surface area contributed by atoms with E-state index in [9.17, 15) is 0 Å². The van der Waals surface area contributed by atoms with Crippen LogP contribution in [0.2, 0.25) is 0 Å². The summed E-state index contributed by atoms with van der Waals surface area (Å²) in [6, 6.07) is 21.0. The van der Waals surface area contributed by atoms with E-state index in [1.54, 1.807) is 0 Å². The zero-order valence-corrected chi connectivity index (χ0v) is 16.5. The smallest absolute Gasteiger partial charge is 0.109 e. The molecule has 4 aromatic rings. The fourth-order valence-corrected chi connectivity index (χ4v) is 4.04. The van der Waals surface area contributed by atoms with Crippen LogP contribution in [0, 0.1) is 0 Å². The molecule has 146 valence electrons. The Balaban J connectivity index is 1.41. The first-order valence-electron chi connectivity index (χ1n) is 10.0. The van der Waals surface area contributed by atoms with E-state index in [1.165, 1.54) is 5.56 Å². The van der Waals surface area contributed by atoms with Gasteiger partial charge in [0.05, 0.1) is 17.3 Å². The highest BCUT2D eigenvalue weighted by molar-refractivity contribution is 5.66. The third kappa shape index (κ3) is 3.64. The van der Waals surface area contributed by atoms with Gasteiger partial charge in [-0.25, -0.2) is 4.52 Å². The molecule has 3 aromatic heterocycles. The van der Waals surface area contributed by atoms with Gasteiger partial charge >= 0.3 is 0 Å². The van der Waals surface area contributed by atoms with Crippen LogP contribution in [0.1, 0.15) is 17.4 Å². The van der Waals surface area contributed by atoms with E-state index in [0.29, 0.717) is 0 Å². The molecule has 0 N–H and O–H groups in total. The molecule has 0 amide bonds. The van der Waals surface area contributed by atoms with E-state index in [4.69, 9.17) is 0 Å². The first-order chi connectivity index (χ1) is 14.3. The maximum atomic E-state index is 4.57. The Hall–Kier alpha value is -3.09. The van der Waals surface area contributed by atoms with Crippen LogP contribution in [-0.2, 0) is 6.54 Å². The molecule has 29 heavy (non-hydrogen) atoms. The number of nitrogens with zero attached hydrogens (tertiary/aromatic N) is 6. The van der Waals surface area contributed by atoms with Crippen LogP contribution in [0.15, 0.2) is 73.1 Å². The van der Waals surface area contributed by atoms with Gasteiger partial charge < -0.3 is 0 Å². The number of likely N-dealkylation sites (N-methyl/N-ethyl adjacent to an activating group) is 1. The van der Waals surface area contributed by atoms with Crippen LogP contribution >= 0.6 is 0 Å². The molecule has 0 saturated carbocycles. The molecule has 4 heterocycles. The van der Waals surface area contributed by atoms with Gasteiger partial charge in [0.2, 0.25) is 0 Å². The number of fused-ring (bicyclic) bond motifs is 1. The highest BCUT2D eigenvalue weighted by atomic mass is 15.4. The molecule has 1 atom stereocenters. The lowest BCUT2D eigenvalue weighted by atomic mass is 10.1. The van der Waals surface area contributed by atoms with Gasteiger partial charge in [-0.3, -0.25) is 14.8 Å². The predicted octanol–water partition coefficient (Wildman–Crippen LogP) is 3.28. The zero-order chi connectivity index (χ0) is 19.6. The fourth-order valence-electron chi connectivity index (χ4n) is 4.04. The van der Waals surface area contributed by atoms with Gasteiger partial charge in [0.1, 0.15) is 5.69 Å². The first-order valence-corrected chi connectivity index (χ1v) is 10.0. The molecule has 5 rings (SSSR count). The van der Waals surface area contributed by atoms with Gasteiger partial charge in [-0.2, -0.15) is 0 Å². The predicted molar refractivity (Wildman–Crippen MR) is 113 cm³/mol. The number of hydrogen-bond acceptors (Lipinski definition) is 5. The molecule has 6 heteroatoms. The lowest BCUT2D eigenvalue weighted by molar-refractivity contribution is 0.0881. The SMILES string of the molecule is CN1CCN(Cc2ccccn2)C[C@@H]1c1nnn2cc(-c3ccccc3)ccc12. The zero-order valence-electron chi connectivity index (χ0n) is 16.5. The van der Waals surface area contributed by atoms with Gasteiger partial charge in [-0.1, -0.05) is 47.7 Å². The second kappa shape index (κ2) is 7.73. The lowest BCUT2D eigenvalue weighted by Crippen LogP contribution is -2.46. The molecule has 1 aromatic carbocycles. The summed E-state index contributed by atoms with van der Waals surface area (Å²) in [5.41, 5.74) is 5.54. The monoisotopic (exact) mass is 384 g/mol. The molecule has 0 bridgehead atoms. The summed E-state index contributed by atoms with van der Waals surface area (Å²) in [7, 11) is 2.17. The molecule has 0 spiro atoms. The van der Waals surface area contributed by atoms with E-state index in [1.807, 2.05) is 28.9 Å². The normalized spacial score (nSPS) is 18.3. The third-order valence-corrected chi connectivity index (χ3v) is 5.71.